The van der Waals surface area contributed by atoms with Crippen LogP contribution in [0.5, 0.6) is 5.75 Å². The Hall–Kier alpha value is -1.96. The second-order valence-corrected chi connectivity index (χ2v) is 7.17. The highest BCUT2D eigenvalue weighted by molar-refractivity contribution is 5.74. The zero-order valence-electron chi connectivity index (χ0n) is 16.0. The molecule has 8 heteroatoms. The Bertz CT molecular complexity index is 616. The summed E-state index contributed by atoms with van der Waals surface area (Å²) >= 11 is 0. The minimum atomic E-state index is -4.44. The summed E-state index contributed by atoms with van der Waals surface area (Å²) < 4.78 is 45.2. The Morgan fingerprint density at radius 1 is 1.30 bits per heavy atom. The SMILES string of the molecule is COc1cccc([C@@H](CNC(=O)N[C@@H](C2CCCC2)C(F)(F)F)N(C)C)c1. The van der Waals surface area contributed by atoms with Gasteiger partial charge in [0.25, 0.3) is 0 Å². The maximum atomic E-state index is 13.3. The zero-order valence-corrected chi connectivity index (χ0v) is 16.0. The third-order valence-corrected chi connectivity index (χ3v) is 5.07. The molecular weight excluding hydrogens is 359 g/mol. The molecule has 0 spiro atoms. The van der Waals surface area contributed by atoms with Gasteiger partial charge < -0.3 is 20.3 Å². The molecule has 0 heterocycles. The molecule has 0 radical (unpaired) electrons. The monoisotopic (exact) mass is 387 g/mol. The van der Waals surface area contributed by atoms with Crippen LogP contribution in [0.3, 0.4) is 0 Å². The number of alkyl halides is 3. The van der Waals surface area contributed by atoms with Crippen molar-refractivity contribution in [1.82, 2.24) is 15.5 Å². The number of carbonyl (C=O) groups excluding carboxylic acids is 1. The Morgan fingerprint density at radius 3 is 2.52 bits per heavy atom. The van der Waals surface area contributed by atoms with Crippen LogP contribution in [-0.2, 0) is 0 Å². The Balaban J connectivity index is 2.00. The van der Waals surface area contributed by atoms with Gasteiger partial charge in [0.15, 0.2) is 0 Å². The van der Waals surface area contributed by atoms with E-state index in [1.54, 1.807) is 7.11 Å². The predicted octanol–water partition coefficient (Wildman–Crippen LogP) is 3.72. The molecule has 1 aromatic rings. The summed E-state index contributed by atoms with van der Waals surface area (Å²) in [6.45, 7) is 0.182. The second-order valence-electron chi connectivity index (χ2n) is 7.17. The van der Waals surface area contributed by atoms with Crippen LogP contribution >= 0.6 is 0 Å². The van der Waals surface area contributed by atoms with Crippen molar-refractivity contribution < 1.29 is 22.7 Å². The lowest BCUT2D eigenvalue weighted by molar-refractivity contribution is -0.164. The van der Waals surface area contributed by atoms with Gasteiger partial charge in [-0.05, 0) is 50.6 Å². The van der Waals surface area contributed by atoms with E-state index >= 15 is 0 Å². The van der Waals surface area contributed by atoms with E-state index in [2.05, 4.69) is 10.6 Å². The number of hydrogen-bond acceptors (Lipinski definition) is 3. The first-order chi connectivity index (χ1) is 12.7. The molecule has 27 heavy (non-hydrogen) atoms. The largest absolute Gasteiger partial charge is 0.497 e. The van der Waals surface area contributed by atoms with Gasteiger partial charge in [0.2, 0.25) is 0 Å². The van der Waals surface area contributed by atoms with Crippen molar-refractivity contribution in [3.05, 3.63) is 29.8 Å². The maximum absolute atomic E-state index is 13.3. The molecule has 2 N–H and O–H groups in total. The van der Waals surface area contributed by atoms with E-state index in [0.717, 1.165) is 18.4 Å². The number of nitrogens with zero attached hydrogens (tertiary/aromatic N) is 1. The Kier molecular flexibility index (Phi) is 7.35. The molecule has 1 fully saturated rings. The number of methoxy groups -OCH3 is 1. The molecule has 2 atom stereocenters. The molecule has 2 rings (SSSR count). The van der Waals surface area contributed by atoms with E-state index < -0.39 is 24.2 Å². The molecule has 1 aliphatic carbocycles. The molecule has 0 bridgehead atoms. The molecule has 2 amide bonds. The van der Waals surface area contributed by atoms with Gasteiger partial charge in [0, 0.05) is 6.54 Å². The van der Waals surface area contributed by atoms with Gasteiger partial charge in [-0.15, -0.1) is 0 Å². The lowest BCUT2D eigenvalue weighted by Crippen LogP contribution is -2.53. The van der Waals surface area contributed by atoms with Crippen LogP contribution in [-0.4, -0.2) is 50.9 Å². The summed E-state index contributed by atoms with van der Waals surface area (Å²) in [5.41, 5.74) is 0.905. The highest BCUT2D eigenvalue weighted by atomic mass is 19.4. The third-order valence-electron chi connectivity index (χ3n) is 5.07. The van der Waals surface area contributed by atoms with Crippen LogP contribution in [0.4, 0.5) is 18.0 Å². The summed E-state index contributed by atoms with van der Waals surface area (Å²) in [5.74, 6) is 0.140. The number of hydrogen-bond donors (Lipinski definition) is 2. The van der Waals surface area contributed by atoms with Crippen molar-refractivity contribution in [3.8, 4) is 5.75 Å². The number of nitrogens with one attached hydrogen (secondary N) is 2. The van der Waals surface area contributed by atoms with Crippen LogP contribution in [0, 0.1) is 5.92 Å². The van der Waals surface area contributed by atoms with Crippen molar-refractivity contribution >= 4 is 6.03 Å². The number of urea groups is 1. The van der Waals surface area contributed by atoms with Gasteiger partial charge in [-0.25, -0.2) is 4.79 Å². The normalized spacial score (nSPS) is 17.6. The quantitative estimate of drug-likeness (QED) is 0.750. The van der Waals surface area contributed by atoms with Gasteiger partial charge >= 0.3 is 12.2 Å². The van der Waals surface area contributed by atoms with Crippen molar-refractivity contribution in [2.24, 2.45) is 5.92 Å². The number of ether oxygens (including phenoxy) is 1. The highest BCUT2D eigenvalue weighted by Gasteiger charge is 2.46. The summed E-state index contributed by atoms with van der Waals surface area (Å²) in [4.78, 5) is 14.1. The van der Waals surface area contributed by atoms with E-state index in [1.807, 2.05) is 43.3 Å². The second kappa shape index (κ2) is 9.30. The van der Waals surface area contributed by atoms with Gasteiger partial charge in [0.05, 0.1) is 13.2 Å². The van der Waals surface area contributed by atoms with Crippen LogP contribution in [0.15, 0.2) is 24.3 Å². The van der Waals surface area contributed by atoms with Crippen LogP contribution in [0.25, 0.3) is 0 Å². The number of benzene rings is 1. The third kappa shape index (κ3) is 6.02. The average Bonchev–Trinajstić information content (AvgIpc) is 3.12. The molecule has 0 saturated heterocycles. The van der Waals surface area contributed by atoms with E-state index in [9.17, 15) is 18.0 Å². The molecule has 0 aliphatic heterocycles. The molecular formula is C19H28F3N3O2. The minimum Gasteiger partial charge on any atom is -0.497 e. The molecule has 1 saturated carbocycles. The van der Waals surface area contributed by atoms with E-state index in [1.165, 1.54) is 0 Å². The lowest BCUT2D eigenvalue weighted by Gasteiger charge is -2.29. The topological polar surface area (TPSA) is 53.6 Å². The number of halogens is 3. The van der Waals surface area contributed by atoms with Gasteiger partial charge in [-0.3, -0.25) is 0 Å². The van der Waals surface area contributed by atoms with Crippen LogP contribution < -0.4 is 15.4 Å². The molecule has 0 aromatic heterocycles. The van der Waals surface area contributed by atoms with Crippen molar-refractivity contribution in [2.45, 2.75) is 43.9 Å². The first kappa shape index (κ1) is 21.3. The lowest BCUT2D eigenvalue weighted by atomic mass is 9.98. The van der Waals surface area contributed by atoms with E-state index in [0.29, 0.717) is 18.6 Å². The van der Waals surface area contributed by atoms with Crippen LogP contribution in [0.2, 0.25) is 0 Å². The van der Waals surface area contributed by atoms with Gasteiger partial charge in [0.1, 0.15) is 11.8 Å². The van der Waals surface area contributed by atoms with Crippen molar-refractivity contribution in [1.29, 1.82) is 0 Å². The van der Waals surface area contributed by atoms with E-state index in [-0.39, 0.29) is 12.6 Å². The summed E-state index contributed by atoms with van der Waals surface area (Å²) in [5, 5.41) is 4.74. The number of rotatable bonds is 7. The fraction of sp³-hybridized carbons (Fsp3) is 0.632. The molecule has 1 aromatic carbocycles. The fourth-order valence-electron chi connectivity index (χ4n) is 3.59. The van der Waals surface area contributed by atoms with Crippen molar-refractivity contribution in [2.75, 3.05) is 27.7 Å². The Morgan fingerprint density at radius 2 is 1.96 bits per heavy atom. The average molecular weight is 387 g/mol. The molecule has 0 unspecified atom stereocenters. The highest BCUT2D eigenvalue weighted by Crippen LogP contribution is 2.35. The van der Waals surface area contributed by atoms with E-state index in [4.69, 9.17) is 4.74 Å². The number of amides is 2. The maximum Gasteiger partial charge on any atom is 0.408 e. The standard InChI is InChI=1S/C19H28F3N3O2/c1-25(2)16(14-9-6-10-15(11-14)27-3)12-23-18(26)24-17(19(20,21)22)13-7-4-5-8-13/h6,9-11,13,16-17H,4-5,7-8,12H2,1-3H3,(H2,23,24,26)/t16-,17+/m1/s1. The first-order valence-corrected chi connectivity index (χ1v) is 9.14. The summed E-state index contributed by atoms with van der Waals surface area (Å²) in [6.07, 6.45) is -1.90. The molecule has 5 nitrogen and oxygen atoms in total. The summed E-state index contributed by atoms with van der Waals surface area (Å²) in [7, 11) is 5.26. The number of likely N-dealkylation sites (N-methyl/N-ethyl adjacent to an activating group) is 1. The Labute approximate surface area is 158 Å². The van der Waals surface area contributed by atoms with Crippen LogP contribution in [0.1, 0.15) is 37.3 Å². The minimum absolute atomic E-state index is 0.182. The van der Waals surface area contributed by atoms with Gasteiger partial charge in [-0.1, -0.05) is 25.0 Å². The zero-order chi connectivity index (χ0) is 20.0. The predicted molar refractivity (Wildman–Crippen MR) is 97.8 cm³/mol. The smallest absolute Gasteiger partial charge is 0.408 e. The molecule has 1 aliphatic rings. The summed E-state index contributed by atoms with van der Waals surface area (Å²) in [6, 6.07) is 4.61. The molecule has 152 valence electrons. The number of carbonyl (C=O) groups is 1. The fourth-order valence-corrected chi connectivity index (χ4v) is 3.59. The first-order valence-electron chi connectivity index (χ1n) is 9.14. The van der Waals surface area contributed by atoms with Crippen molar-refractivity contribution in [3.63, 3.8) is 0 Å². The van der Waals surface area contributed by atoms with Gasteiger partial charge in [-0.2, -0.15) is 13.2 Å².